The number of aliphatic hydroxyl groups is 1. The van der Waals surface area contributed by atoms with Gasteiger partial charge < -0.3 is 19.6 Å². The number of ether oxygens (including phenoxy) is 1. The molecule has 1 N–H and O–H groups in total. The van der Waals surface area contributed by atoms with E-state index in [0.29, 0.717) is 43.2 Å². The molecule has 1 aliphatic rings. The minimum atomic E-state index is -0.389. The molecule has 0 atom stereocenters. The van der Waals surface area contributed by atoms with Crippen LogP contribution in [0.4, 0.5) is 10.1 Å². The molecule has 0 aromatic heterocycles. The van der Waals surface area contributed by atoms with E-state index in [-0.39, 0.29) is 23.9 Å². The summed E-state index contributed by atoms with van der Waals surface area (Å²) in [6, 6.07) is 12.0. The van der Waals surface area contributed by atoms with E-state index in [1.54, 1.807) is 54.5 Å². The van der Waals surface area contributed by atoms with Crippen molar-refractivity contribution in [1.29, 1.82) is 0 Å². The summed E-state index contributed by atoms with van der Waals surface area (Å²) in [5.41, 5.74) is 1.38. The summed E-state index contributed by atoms with van der Waals surface area (Å²) in [5, 5.41) is 9.20. The molecule has 0 unspecified atom stereocenters. The Kier molecular flexibility index (Phi) is 5.19. The van der Waals surface area contributed by atoms with Gasteiger partial charge in [0.1, 0.15) is 5.75 Å². The maximum Gasteiger partial charge on any atom is 0.253 e. The number of carbonyl (C=O) groups excluding carboxylic acids is 1. The smallest absolute Gasteiger partial charge is 0.253 e. The molecule has 3 rings (SSSR count). The summed E-state index contributed by atoms with van der Waals surface area (Å²) in [7, 11) is 1.58. The number of methoxy groups -OCH3 is 1. The first-order valence-electron chi connectivity index (χ1n) is 8.20. The molecule has 1 fully saturated rings. The second kappa shape index (κ2) is 7.53. The fourth-order valence-corrected chi connectivity index (χ4v) is 3.00. The summed E-state index contributed by atoms with van der Waals surface area (Å²) in [6.07, 6.45) is 0. The molecule has 5 nitrogen and oxygen atoms in total. The predicted octanol–water partition coefficient (Wildman–Crippen LogP) is 2.29. The molecule has 0 bridgehead atoms. The second-order valence-corrected chi connectivity index (χ2v) is 5.92. The molecule has 1 aliphatic heterocycles. The fourth-order valence-electron chi connectivity index (χ4n) is 3.00. The van der Waals surface area contributed by atoms with Gasteiger partial charge in [-0.1, -0.05) is 12.1 Å². The average Bonchev–Trinajstić information content (AvgIpc) is 2.68. The number of anilines is 1. The van der Waals surface area contributed by atoms with E-state index in [4.69, 9.17) is 4.74 Å². The number of hydrogen-bond acceptors (Lipinski definition) is 4. The number of hydrogen-bond donors (Lipinski definition) is 1. The Hall–Kier alpha value is -2.60. The number of rotatable bonds is 4. The van der Waals surface area contributed by atoms with E-state index in [1.165, 1.54) is 0 Å². The number of halogens is 1. The van der Waals surface area contributed by atoms with E-state index in [0.717, 1.165) is 0 Å². The van der Waals surface area contributed by atoms with Crippen molar-refractivity contribution in [1.82, 2.24) is 4.90 Å². The maximum atomic E-state index is 14.4. The van der Waals surface area contributed by atoms with Crippen LogP contribution in [0.2, 0.25) is 0 Å². The summed E-state index contributed by atoms with van der Waals surface area (Å²) in [6.45, 7) is 1.82. The summed E-state index contributed by atoms with van der Waals surface area (Å²) in [5.74, 6) is 0.285. The van der Waals surface area contributed by atoms with E-state index in [9.17, 15) is 14.3 Å². The lowest BCUT2D eigenvalue weighted by Crippen LogP contribution is -2.49. The maximum absolute atomic E-state index is 14.4. The zero-order chi connectivity index (χ0) is 17.8. The molecule has 1 saturated heterocycles. The normalized spacial score (nSPS) is 14.5. The third kappa shape index (κ3) is 3.58. The number of nitrogens with zero attached hydrogens (tertiary/aromatic N) is 2. The molecule has 6 heteroatoms. The lowest BCUT2D eigenvalue weighted by molar-refractivity contribution is 0.0746. The number of carbonyl (C=O) groups is 1. The lowest BCUT2D eigenvalue weighted by Gasteiger charge is -2.36. The minimum absolute atomic E-state index is 0.0353. The topological polar surface area (TPSA) is 53.0 Å². The van der Waals surface area contributed by atoms with Crippen molar-refractivity contribution < 1.29 is 19.0 Å². The van der Waals surface area contributed by atoms with Gasteiger partial charge in [-0.15, -0.1) is 0 Å². The summed E-state index contributed by atoms with van der Waals surface area (Å²) in [4.78, 5) is 16.2. The van der Waals surface area contributed by atoms with Crippen LogP contribution in [0, 0.1) is 5.82 Å². The third-order valence-electron chi connectivity index (χ3n) is 4.47. The highest BCUT2D eigenvalue weighted by Crippen LogP contribution is 2.24. The Morgan fingerprint density at radius 3 is 2.40 bits per heavy atom. The Bertz CT molecular complexity index is 741. The molecule has 0 spiro atoms. The summed E-state index contributed by atoms with van der Waals surface area (Å²) >= 11 is 0. The third-order valence-corrected chi connectivity index (χ3v) is 4.47. The standard InChI is InChI=1S/C19H21FN2O3/c1-25-16-7-5-14(6-8-16)19(24)22-11-9-21(10-12-22)17-4-2-3-15(13-23)18(17)20/h2-8,23H,9-13H2,1H3. The highest BCUT2D eigenvalue weighted by molar-refractivity contribution is 5.94. The van der Waals surface area contributed by atoms with Gasteiger partial charge in [0.05, 0.1) is 19.4 Å². The van der Waals surface area contributed by atoms with Gasteiger partial charge in [0.15, 0.2) is 5.82 Å². The van der Waals surface area contributed by atoms with Crippen molar-refractivity contribution >= 4 is 11.6 Å². The van der Waals surface area contributed by atoms with E-state index in [2.05, 4.69) is 0 Å². The van der Waals surface area contributed by atoms with Gasteiger partial charge >= 0.3 is 0 Å². The highest BCUT2D eigenvalue weighted by Gasteiger charge is 2.24. The van der Waals surface area contributed by atoms with Crippen LogP contribution in [0.25, 0.3) is 0 Å². The van der Waals surface area contributed by atoms with Crippen LogP contribution >= 0.6 is 0 Å². The van der Waals surface area contributed by atoms with Crippen LogP contribution in [0.5, 0.6) is 5.75 Å². The van der Waals surface area contributed by atoms with Crippen LogP contribution < -0.4 is 9.64 Å². The molecular formula is C19H21FN2O3. The Balaban J connectivity index is 1.66. The molecule has 0 saturated carbocycles. The van der Waals surface area contributed by atoms with E-state index >= 15 is 0 Å². The molecule has 132 valence electrons. The SMILES string of the molecule is COc1ccc(C(=O)N2CCN(c3cccc(CO)c3F)CC2)cc1. The number of benzene rings is 2. The van der Waals surface area contributed by atoms with Gasteiger partial charge in [-0.2, -0.15) is 0 Å². The van der Waals surface area contributed by atoms with Crippen molar-refractivity contribution in [3.63, 3.8) is 0 Å². The monoisotopic (exact) mass is 344 g/mol. The molecule has 1 amide bonds. The largest absolute Gasteiger partial charge is 0.497 e. The number of aliphatic hydroxyl groups excluding tert-OH is 1. The molecule has 1 heterocycles. The first-order chi connectivity index (χ1) is 12.1. The lowest BCUT2D eigenvalue weighted by atomic mass is 10.1. The van der Waals surface area contributed by atoms with Crippen molar-refractivity contribution in [2.45, 2.75) is 6.61 Å². The molecule has 0 radical (unpaired) electrons. The van der Waals surface area contributed by atoms with Crippen molar-refractivity contribution in [2.75, 3.05) is 38.2 Å². The van der Waals surface area contributed by atoms with E-state index in [1.807, 2.05) is 4.90 Å². The summed E-state index contributed by atoms with van der Waals surface area (Å²) < 4.78 is 19.5. The van der Waals surface area contributed by atoms with Gasteiger partial charge in [0.2, 0.25) is 0 Å². The Labute approximate surface area is 146 Å². The number of amides is 1. The zero-order valence-electron chi connectivity index (χ0n) is 14.1. The van der Waals surface area contributed by atoms with Gasteiger partial charge in [0, 0.05) is 37.3 Å². The molecule has 2 aromatic carbocycles. The van der Waals surface area contributed by atoms with E-state index < -0.39 is 0 Å². The Morgan fingerprint density at radius 1 is 1.12 bits per heavy atom. The highest BCUT2D eigenvalue weighted by atomic mass is 19.1. The van der Waals surface area contributed by atoms with Crippen molar-refractivity contribution in [3.8, 4) is 5.75 Å². The van der Waals surface area contributed by atoms with Gasteiger partial charge in [-0.05, 0) is 30.3 Å². The van der Waals surface area contributed by atoms with Crippen LogP contribution in [0.3, 0.4) is 0 Å². The minimum Gasteiger partial charge on any atom is -0.497 e. The van der Waals surface area contributed by atoms with Crippen LogP contribution in [0.15, 0.2) is 42.5 Å². The molecule has 2 aromatic rings. The van der Waals surface area contributed by atoms with Crippen LogP contribution in [0.1, 0.15) is 15.9 Å². The van der Waals surface area contributed by atoms with Gasteiger partial charge in [-0.25, -0.2) is 4.39 Å². The first-order valence-corrected chi connectivity index (χ1v) is 8.20. The van der Waals surface area contributed by atoms with Crippen LogP contribution in [-0.4, -0.2) is 49.2 Å². The average molecular weight is 344 g/mol. The van der Waals surface area contributed by atoms with Crippen molar-refractivity contribution in [2.24, 2.45) is 0 Å². The molecule has 0 aliphatic carbocycles. The van der Waals surface area contributed by atoms with Crippen LogP contribution in [-0.2, 0) is 6.61 Å². The van der Waals surface area contributed by atoms with Gasteiger partial charge in [-0.3, -0.25) is 4.79 Å². The first kappa shape index (κ1) is 17.2. The molecule has 25 heavy (non-hydrogen) atoms. The second-order valence-electron chi connectivity index (χ2n) is 5.92. The van der Waals surface area contributed by atoms with Gasteiger partial charge in [0.25, 0.3) is 5.91 Å². The zero-order valence-corrected chi connectivity index (χ0v) is 14.1. The van der Waals surface area contributed by atoms with Crippen molar-refractivity contribution in [3.05, 3.63) is 59.4 Å². The molecular weight excluding hydrogens is 323 g/mol. The fraction of sp³-hybridized carbons (Fsp3) is 0.316. The number of piperazine rings is 1. The Morgan fingerprint density at radius 2 is 1.80 bits per heavy atom. The predicted molar refractivity (Wildman–Crippen MR) is 93.4 cm³/mol. The quantitative estimate of drug-likeness (QED) is 0.925.